The molecule has 0 aliphatic rings. The first kappa shape index (κ1) is 13.5. The van der Waals surface area contributed by atoms with Crippen LogP contribution >= 0.6 is 12.2 Å². The lowest BCUT2D eigenvalue weighted by Gasteiger charge is -2.11. The van der Waals surface area contributed by atoms with Gasteiger partial charge in [-0.15, -0.1) is 0 Å². The Labute approximate surface area is 112 Å². The standard InChI is InChI=1S/C12H9F3N2OS/c1-18-10-9(16-6-17-11(10)19)7-3-2-4-8(5-7)12(13,14)15/h2-6H,1H3,(H,16,17,19). The summed E-state index contributed by atoms with van der Waals surface area (Å²) in [6.07, 6.45) is -3.08. The van der Waals surface area contributed by atoms with Crippen LogP contribution in [-0.2, 0) is 6.18 Å². The maximum atomic E-state index is 12.7. The number of methoxy groups -OCH3 is 1. The van der Waals surface area contributed by atoms with Crippen LogP contribution in [0.4, 0.5) is 13.2 Å². The molecular weight excluding hydrogens is 277 g/mol. The third-order valence-electron chi connectivity index (χ3n) is 2.49. The van der Waals surface area contributed by atoms with E-state index in [-0.39, 0.29) is 10.4 Å². The molecule has 0 saturated carbocycles. The van der Waals surface area contributed by atoms with Gasteiger partial charge in [-0.05, 0) is 12.1 Å². The highest BCUT2D eigenvalue weighted by molar-refractivity contribution is 7.71. The predicted octanol–water partition coefficient (Wildman–Crippen LogP) is 3.83. The largest absolute Gasteiger partial charge is 0.491 e. The van der Waals surface area contributed by atoms with Crippen LogP contribution in [0.1, 0.15) is 5.56 Å². The van der Waals surface area contributed by atoms with Gasteiger partial charge in [-0.25, -0.2) is 4.98 Å². The summed E-state index contributed by atoms with van der Waals surface area (Å²) in [6.45, 7) is 0. The summed E-state index contributed by atoms with van der Waals surface area (Å²) in [5.74, 6) is 0.247. The minimum absolute atomic E-state index is 0.189. The number of H-pyrrole nitrogens is 1. The highest BCUT2D eigenvalue weighted by Crippen LogP contribution is 2.34. The lowest BCUT2D eigenvalue weighted by Crippen LogP contribution is -2.05. The summed E-state index contributed by atoms with van der Waals surface area (Å²) in [6, 6.07) is 4.90. The highest BCUT2D eigenvalue weighted by Gasteiger charge is 2.30. The number of nitrogens with one attached hydrogen (secondary N) is 1. The van der Waals surface area contributed by atoms with Crippen molar-refractivity contribution in [2.75, 3.05) is 7.11 Å². The molecule has 0 atom stereocenters. The molecular formula is C12H9F3N2OS. The fraction of sp³-hybridized carbons (Fsp3) is 0.167. The van der Waals surface area contributed by atoms with Crippen LogP contribution in [0.2, 0.25) is 0 Å². The number of hydrogen-bond acceptors (Lipinski definition) is 3. The van der Waals surface area contributed by atoms with Crippen LogP contribution in [0, 0.1) is 4.64 Å². The first-order valence-electron chi connectivity index (χ1n) is 5.23. The first-order valence-corrected chi connectivity index (χ1v) is 5.63. The fourth-order valence-electron chi connectivity index (χ4n) is 1.64. The molecule has 0 fully saturated rings. The van der Waals surface area contributed by atoms with Gasteiger partial charge in [-0.3, -0.25) is 0 Å². The second-order valence-electron chi connectivity index (χ2n) is 3.69. The van der Waals surface area contributed by atoms with Gasteiger partial charge >= 0.3 is 6.18 Å². The van der Waals surface area contributed by atoms with Crippen molar-refractivity contribution in [2.24, 2.45) is 0 Å². The predicted molar refractivity (Wildman–Crippen MR) is 66.4 cm³/mol. The van der Waals surface area contributed by atoms with E-state index >= 15 is 0 Å². The van der Waals surface area contributed by atoms with Crippen molar-refractivity contribution in [3.8, 4) is 17.0 Å². The molecule has 0 unspecified atom stereocenters. The van der Waals surface area contributed by atoms with Crippen LogP contribution in [0.5, 0.6) is 5.75 Å². The molecule has 0 radical (unpaired) electrons. The molecule has 2 rings (SSSR count). The molecule has 2 aromatic rings. The van der Waals surface area contributed by atoms with Crippen LogP contribution < -0.4 is 4.74 Å². The monoisotopic (exact) mass is 286 g/mol. The average Bonchev–Trinajstić information content (AvgIpc) is 2.37. The topological polar surface area (TPSA) is 37.9 Å². The number of nitrogens with zero attached hydrogens (tertiary/aromatic N) is 1. The van der Waals surface area contributed by atoms with E-state index in [1.807, 2.05) is 0 Å². The van der Waals surface area contributed by atoms with Crippen molar-refractivity contribution in [1.82, 2.24) is 9.97 Å². The number of benzene rings is 1. The van der Waals surface area contributed by atoms with Crippen molar-refractivity contribution in [3.05, 3.63) is 40.8 Å². The van der Waals surface area contributed by atoms with Crippen molar-refractivity contribution in [1.29, 1.82) is 0 Å². The van der Waals surface area contributed by atoms with Crippen LogP contribution in [0.3, 0.4) is 0 Å². The summed E-state index contributed by atoms with van der Waals surface area (Å²) < 4.78 is 43.3. The number of hydrogen-bond donors (Lipinski definition) is 1. The highest BCUT2D eigenvalue weighted by atomic mass is 32.1. The average molecular weight is 286 g/mol. The fourth-order valence-corrected chi connectivity index (χ4v) is 1.88. The number of ether oxygens (including phenoxy) is 1. The van der Waals surface area contributed by atoms with Gasteiger partial charge in [0.15, 0.2) is 10.4 Å². The molecule has 0 saturated heterocycles. The van der Waals surface area contributed by atoms with E-state index in [4.69, 9.17) is 17.0 Å². The summed E-state index contributed by atoms with van der Waals surface area (Å²) in [7, 11) is 1.39. The van der Waals surface area contributed by atoms with E-state index in [1.54, 1.807) is 6.07 Å². The number of aromatic amines is 1. The van der Waals surface area contributed by atoms with E-state index in [1.165, 1.54) is 19.5 Å². The van der Waals surface area contributed by atoms with Gasteiger partial charge in [0.1, 0.15) is 0 Å². The van der Waals surface area contributed by atoms with E-state index in [0.29, 0.717) is 11.3 Å². The Balaban J connectivity index is 2.60. The summed E-state index contributed by atoms with van der Waals surface area (Å²) in [4.78, 5) is 6.57. The number of rotatable bonds is 2. The number of alkyl halides is 3. The zero-order valence-electron chi connectivity index (χ0n) is 9.78. The maximum absolute atomic E-state index is 12.7. The van der Waals surface area contributed by atoms with E-state index < -0.39 is 11.7 Å². The van der Waals surface area contributed by atoms with Gasteiger partial charge in [0, 0.05) is 5.56 Å². The smallest absolute Gasteiger partial charge is 0.416 e. The van der Waals surface area contributed by atoms with Gasteiger partial charge in [-0.1, -0.05) is 24.4 Å². The molecule has 100 valence electrons. The molecule has 19 heavy (non-hydrogen) atoms. The normalized spacial score (nSPS) is 11.4. The van der Waals surface area contributed by atoms with Crippen LogP contribution in [0.25, 0.3) is 11.3 Å². The van der Waals surface area contributed by atoms with Gasteiger partial charge < -0.3 is 9.72 Å². The Bertz CT molecular complexity index is 652. The molecule has 1 aromatic heterocycles. The van der Waals surface area contributed by atoms with Gasteiger partial charge in [-0.2, -0.15) is 13.2 Å². The van der Waals surface area contributed by atoms with E-state index in [9.17, 15) is 13.2 Å². The molecule has 0 amide bonds. The van der Waals surface area contributed by atoms with Crippen molar-refractivity contribution in [2.45, 2.75) is 6.18 Å². The Morgan fingerprint density at radius 2 is 2.05 bits per heavy atom. The Hall–Kier alpha value is -1.89. The summed E-state index contributed by atoms with van der Waals surface area (Å²) >= 11 is 4.97. The second-order valence-corrected chi connectivity index (χ2v) is 4.08. The summed E-state index contributed by atoms with van der Waals surface area (Å²) in [5, 5.41) is 0. The van der Waals surface area contributed by atoms with Gasteiger partial charge in [0.25, 0.3) is 0 Å². The van der Waals surface area contributed by atoms with E-state index in [2.05, 4.69) is 9.97 Å². The molecule has 7 heteroatoms. The zero-order valence-corrected chi connectivity index (χ0v) is 10.6. The molecule has 0 aliphatic carbocycles. The lowest BCUT2D eigenvalue weighted by atomic mass is 10.1. The molecule has 3 nitrogen and oxygen atoms in total. The quantitative estimate of drug-likeness (QED) is 0.852. The Morgan fingerprint density at radius 1 is 1.32 bits per heavy atom. The van der Waals surface area contributed by atoms with Crippen molar-refractivity contribution >= 4 is 12.2 Å². The summed E-state index contributed by atoms with van der Waals surface area (Å²) in [5.41, 5.74) is -0.0306. The molecule has 0 bridgehead atoms. The minimum Gasteiger partial charge on any atom is -0.491 e. The minimum atomic E-state index is -4.40. The molecule has 1 N–H and O–H groups in total. The number of aromatic nitrogens is 2. The second kappa shape index (κ2) is 5.00. The van der Waals surface area contributed by atoms with Crippen LogP contribution in [0.15, 0.2) is 30.6 Å². The lowest BCUT2D eigenvalue weighted by molar-refractivity contribution is -0.137. The Morgan fingerprint density at radius 3 is 2.68 bits per heavy atom. The molecule has 1 heterocycles. The maximum Gasteiger partial charge on any atom is 0.416 e. The number of halogens is 3. The van der Waals surface area contributed by atoms with Gasteiger partial charge in [0.2, 0.25) is 0 Å². The molecule has 1 aromatic carbocycles. The van der Waals surface area contributed by atoms with Gasteiger partial charge in [0.05, 0.1) is 24.7 Å². The van der Waals surface area contributed by atoms with E-state index in [0.717, 1.165) is 12.1 Å². The third kappa shape index (κ3) is 2.76. The SMILES string of the molecule is COc1c(-c2cccc(C(F)(F)F)c2)[nH]cnc1=S. The molecule has 0 spiro atoms. The van der Waals surface area contributed by atoms with Crippen LogP contribution in [-0.4, -0.2) is 17.1 Å². The third-order valence-corrected chi connectivity index (χ3v) is 2.79. The Kier molecular flexibility index (Phi) is 3.57. The van der Waals surface area contributed by atoms with Crippen molar-refractivity contribution in [3.63, 3.8) is 0 Å². The van der Waals surface area contributed by atoms with Crippen molar-refractivity contribution < 1.29 is 17.9 Å². The molecule has 0 aliphatic heterocycles. The zero-order chi connectivity index (χ0) is 14.0. The first-order chi connectivity index (χ1) is 8.93.